The van der Waals surface area contributed by atoms with Crippen LogP contribution in [0.5, 0.6) is 0 Å². The van der Waals surface area contributed by atoms with Crippen molar-refractivity contribution < 1.29 is 4.42 Å². The van der Waals surface area contributed by atoms with Crippen LogP contribution >= 0.6 is 0 Å². The Bertz CT molecular complexity index is 4320. The van der Waals surface area contributed by atoms with Crippen LogP contribution in [0.15, 0.2) is 211 Å². The summed E-state index contributed by atoms with van der Waals surface area (Å²) < 4.78 is 6.90. The maximum atomic E-state index is 6.90. The molecular weight excluding hydrogens is 893 g/mol. The van der Waals surface area contributed by atoms with Gasteiger partial charge in [0.25, 0.3) is 0 Å². The molecule has 15 rings (SSSR count). The first-order valence-corrected chi connectivity index (χ1v) is 25.3. The Morgan fingerprint density at radius 3 is 1.18 bits per heavy atom. The number of para-hydroxylation sites is 6. The quantitative estimate of drug-likeness (QED) is 0.154. The minimum absolute atomic E-state index is 0.219. The zero-order valence-corrected chi connectivity index (χ0v) is 40.9. The zero-order valence-electron chi connectivity index (χ0n) is 40.9. The Morgan fingerprint density at radius 1 is 0.315 bits per heavy atom. The molecule has 0 amide bonds. The van der Waals surface area contributed by atoms with Gasteiger partial charge in [0.1, 0.15) is 11.2 Å². The number of anilines is 12. The number of fused-ring (bicyclic) bond motifs is 8. The summed E-state index contributed by atoms with van der Waals surface area (Å²) in [5.74, 6) is 0.459. The predicted octanol–water partition coefficient (Wildman–Crippen LogP) is 19.2. The Morgan fingerprint density at radius 2 is 0.699 bits per heavy atom. The van der Waals surface area contributed by atoms with Gasteiger partial charge in [-0.15, -0.1) is 0 Å². The van der Waals surface area contributed by atoms with Gasteiger partial charge in [0, 0.05) is 63.8 Å². The van der Waals surface area contributed by atoms with E-state index in [4.69, 9.17) is 4.42 Å². The maximum absolute atomic E-state index is 6.90. The van der Waals surface area contributed by atoms with E-state index in [1.165, 1.54) is 48.8 Å². The Kier molecular flexibility index (Phi) is 8.91. The van der Waals surface area contributed by atoms with Crippen molar-refractivity contribution in [3.63, 3.8) is 0 Å². The van der Waals surface area contributed by atoms with E-state index in [0.717, 1.165) is 95.6 Å². The van der Waals surface area contributed by atoms with Crippen molar-refractivity contribution in [2.24, 2.45) is 0 Å². The molecule has 7 heteroatoms. The highest BCUT2D eigenvalue weighted by atomic mass is 16.3. The molecule has 0 N–H and O–H groups in total. The third-order valence-corrected chi connectivity index (χ3v) is 15.5. The summed E-state index contributed by atoms with van der Waals surface area (Å²) in [5.41, 5.74) is 17.5. The molecule has 3 aromatic heterocycles. The summed E-state index contributed by atoms with van der Waals surface area (Å²) in [7, 11) is 0. The van der Waals surface area contributed by atoms with Gasteiger partial charge in [0.15, 0.2) is 0 Å². The van der Waals surface area contributed by atoms with Crippen molar-refractivity contribution in [2.45, 2.75) is 39.5 Å². The molecule has 0 spiro atoms. The van der Waals surface area contributed by atoms with E-state index in [1.807, 2.05) is 24.8 Å². The normalized spacial score (nSPS) is 13.3. The van der Waals surface area contributed by atoms with E-state index in [1.54, 1.807) is 0 Å². The standard InChI is InChI=1S/C66H48N6O/c1-39(2)47-34-44-22-24-58(72-56-20-12-9-17-53(56)70(46-27-31-68-32-28-46)59-37-50-49-33-41-13-5-6-14-42(41)36-61(49)73-62(50)38-60(59)72)66-48(40(3)4)35-43-21-23-57(65(47)63(43)64(44)66)71-54-18-10-7-15-51(54)69(45-25-29-67-30-26-45)52-16-8-11-19-55(52)71/h5-40H,1-4H3. The number of nitrogens with zero attached hydrogens (tertiary/aromatic N) is 6. The monoisotopic (exact) mass is 940 g/mol. The first kappa shape index (κ1) is 41.6. The first-order valence-electron chi connectivity index (χ1n) is 25.3. The van der Waals surface area contributed by atoms with E-state index in [9.17, 15) is 0 Å². The molecule has 0 bridgehead atoms. The van der Waals surface area contributed by atoms with Crippen LogP contribution in [-0.4, -0.2) is 9.97 Å². The van der Waals surface area contributed by atoms with E-state index in [0.29, 0.717) is 0 Å². The summed E-state index contributed by atoms with van der Waals surface area (Å²) in [6.07, 6.45) is 7.52. The summed E-state index contributed by atoms with van der Waals surface area (Å²) in [4.78, 5) is 18.6. The minimum Gasteiger partial charge on any atom is -0.456 e. The topological polar surface area (TPSA) is 51.9 Å². The molecule has 13 aromatic rings. The molecule has 0 saturated carbocycles. The summed E-state index contributed by atoms with van der Waals surface area (Å²) >= 11 is 0. The van der Waals surface area contributed by atoms with Crippen molar-refractivity contribution in [3.8, 4) is 0 Å². The average Bonchev–Trinajstić information content (AvgIpc) is 3.77. The zero-order chi connectivity index (χ0) is 48.6. The van der Waals surface area contributed by atoms with Gasteiger partial charge in [-0.05, 0) is 146 Å². The number of rotatable bonds is 6. The fraction of sp³-hybridized carbons (Fsp3) is 0.0909. The van der Waals surface area contributed by atoms with Crippen LogP contribution in [-0.2, 0) is 0 Å². The lowest BCUT2D eigenvalue weighted by atomic mass is 9.82. The summed E-state index contributed by atoms with van der Waals surface area (Å²) in [6, 6.07) is 67.0. The lowest BCUT2D eigenvalue weighted by molar-refractivity contribution is 0.669. The number of benzene rings is 10. The van der Waals surface area contributed by atoms with Crippen molar-refractivity contribution in [2.75, 3.05) is 19.6 Å². The number of pyridine rings is 2. The van der Waals surface area contributed by atoms with Gasteiger partial charge in [-0.25, -0.2) is 0 Å². The van der Waals surface area contributed by atoms with Crippen molar-refractivity contribution >= 4 is 133 Å². The molecule has 7 nitrogen and oxygen atoms in total. The molecular formula is C66H48N6O. The Balaban J connectivity index is 1.03. The number of hydrogen-bond donors (Lipinski definition) is 0. The van der Waals surface area contributed by atoms with Gasteiger partial charge >= 0.3 is 0 Å². The van der Waals surface area contributed by atoms with Crippen molar-refractivity contribution in [3.05, 3.63) is 218 Å². The van der Waals surface area contributed by atoms with Gasteiger partial charge in [-0.1, -0.05) is 113 Å². The maximum Gasteiger partial charge on any atom is 0.137 e. The highest BCUT2D eigenvalue weighted by molar-refractivity contribution is 6.31. The minimum atomic E-state index is 0.219. The lowest BCUT2D eigenvalue weighted by Crippen LogP contribution is -2.24. The van der Waals surface area contributed by atoms with Crippen LogP contribution < -0.4 is 19.6 Å². The van der Waals surface area contributed by atoms with Crippen LogP contribution in [0.2, 0.25) is 0 Å². The third kappa shape index (κ3) is 5.99. The van der Waals surface area contributed by atoms with Gasteiger partial charge < -0.3 is 24.0 Å². The second-order valence-corrected chi connectivity index (χ2v) is 20.2. The first-order chi connectivity index (χ1) is 35.9. The van der Waals surface area contributed by atoms with E-state index in [2.05, 4.69) is 239 Å². The largest absolute Gasteiger partial charge is 0.456 e. The predicted molar refractivity (Wildman–Crippen MR) is 305 cm³/mol. The second kappa shape index (κ2) is 15.6. The van der Waals surface area contributed by atoms with Crippen LogP contribution in [0.25, 0.3) is 65.0 Å². The van der Waals surface area contributed by atoms with Gasteiger partial charge in [-0.3, -0.25) is 9.97 Å². The Labute approximate surface area is 422 Å². The summed E-state index contributed by atoms with van der Waals surface area (Å²) in [5, 5.41) is 12.1. The van der Waals surface area contributed by atoms with Crippen molar-refractivity contribution in [1.29, 1.82) is 0 Å². The highest BCUT2D eigenvalue weighted by Gasteiger charge is 2.36. The third-order valence-electron chi connectivity index (χ3n) is 15.5. The van der Waals surface area contributed by atoms with Crippen LogP contribution in [0.3, 0.4) is 0 Å². The number of hydrogen-bond acceptors (Lipinski definition) is 7. The molecule has 0 radical (unpaired) electrons. The molecule has 0 unspecified atom stereocenters. The van der Waals surface area contributed by atoms with Gasteiger partial charge in [-0.2, -0.15) is 0 Å². The fourth-order valence-corrected chi connectivity index (χ4v) is 12.3. The van der Waals surface area contributed by atoms with E-state index < -0.39 is 0 Å². The van der Waals surface area contributed by atoms with E-state index in [-0.39, 0.29) is 11.8 Å². The highest BCUT2D eigenvalue weighted by Crippen LogP contribution is 2.60. The number of aromatic nitrogens is 2. The molecule has 0 fully saturated rings. The van der Waals surface area contributed by atoms with Crippen LogP contribution in [0.4, 0.5) is 68.2 Å². The van der Waals surface area contributed by atoms with Gasteiger partial charge in [0.05, 0.1) is 56.9 Å². The molecule has 0 atom stereocenters. The summed E-state index contributed by atoms with van der Waals surface area (Å²) in [6.45, 7) is 9.37. The van der Waals surface area contributed by atoms with Crippen LogP contribution in [0, 0.1) is 0 Å². The molecule has 2 aliphatic rings. The molecule has 0 saturated heterocycles. The lowest BCUT2D eigenvalue weighted by Gasteiger charge is -2.41. The Hall–Kier alpha value is -9.20. The number of furan rings is 1. The molecule has 348 valence electrons. The second-order valence-electron chi connectivity index (χ2n) is 20.2. The average molecular weight is 941 g/mol. The molecule has 10 aromatic carbocycles. The fourth-order valence-electron chi connectivity index (χ4n) is 12.3. The van der Waals surface area contributed by atoms with Gasteiger partial charge in [0.2, 0.25) is 0 Å². The molecule has 73 heavy (non-hydrogen) atoms. The molecule has 0 aliphatic carbocycles. The van der Waals surface area contributed by atoms with Crippen LogP contribution in [0.1, 0.15) is 50.7 Å². The smallest absolute Gasteiger partial charge is 0.137 e. The SMILES string of the molecule is CC(C)c1cc2ccc(N3c4ccccc4N(c4ccncc4)c4cc5c(cc43)oc3cc4ccccc4cc35)c3c(C(C)C)cc4ccc(N5c6ccccc6N(c6ccncc6)c6ccccc65)c1c4c23. The van der Waals surface area contributed by atoms with E-state index >= 15 is 0 Å². The van der Waals surface area contributed by atoms with Crippen molar-refractivity contribution in [1.82, 2.24) is 9.97 Å². The molecule has 5 heterocycles. The molecule has 2 aliphatic heterocycles.